The lowest BCUT2D eigenvalue weighted by Gasteiger charge is -2.34. The average molecular weight is 279 g/mol. The molecule has 20 heavy (non-hydrogen) atoms. The minimum absolute atomic E-state index is 0.159. The van der Waals surface area contributed by atoms with E-state index in [-0.39, 0.29) is 17.3 Å². The van der Waals surface area contributed by atoms with E-state index in [0.717, 1.165) is 25.7 Å². The number of hydrogen-bond donors (Lipinski definition) is 1. The van der Waals surface area contributed by atoms with Crippen LogP contribution in [-0.2, 0) is 9.53 Å². The quantitative estimate of drug-likeness (QED) is 0.575. The molecule has 1 fully saturated rings. The molecular weight excluding hydrogens is 254 g/mol. The topological polar surface area (TPSA) is 55.4 Å². The Morgan fingerprint density at radius 1 is 1.40 bits per heavy atom. The Bertz CT molecular complexity index is 405. The van der Waals surface area contributed by atoms with Crippen LogP contribution in [-0.4, -0.2) is 25.0 Å². The number of ketones is 1. The fraction of sp³-hybridized carbons (Fsp3) is 0.750. The fourth-order valence-electron chi connectivity index (χ4n) is 3.60. The molecule has 2 rings (SSSR count). The number of carbonyl (C=O) groups excluding carboxylic acids is 2. The molecule has 2 bridgehead atoms. The Hall–Kier alpha value is -1.32. The molecule has 112 valence electrons. The zero-order chi connectivity index (χ0) is 14.6. The molecule has 0 aliphatic heterocycles. The van der Waals surface area contributed by atoms with E-state index >= 15 is 0 Å². The van der Waals surface area contributed by atoms with E-state index in [9.17, 15) is 9.59 Å². The summed E-state index contributed by atoms with van der Waals surface area (Å²) in [5, 5.41) is 2.76. The molecule has 4 heteroatoms. The lowest BCUT2D eigenvalue weighted by atomic mass is 9.73. The van der Waals surface area contributed by atoms with Crippen molar-refractivity contribution < 1.29 is 14.3 Å². The SMILES string of the molecule is CCCCNC(=O)OCC1(CC(C)=O)CC2C=CC1C2. The molecule has 0 aromatic heterocycles. The molecular formula is C16H25NO3. The van der Waals surface area contributed by atoms with Gasteiger partial charge in [-0.2, -0.15) is 0 Å². The van der Waals surface area contributed by atoms with Crippen molar-refractivity contribution in [1.29, 1.82) is 0 Å². The summed E-state index contributed by atoms with van der Waals surface area (Å²) in [5.74, 6) is 1.13. The molecule has 0 aromatic carbocycles. The second-order valence-corrected chi connectivity index (χ2v) is 6.29. The van der Waals surface area contributed by atoms with Crippen molar-refractivity contribution in [1.82, 2.24) is 5.32 Å². The molecule has 3 unspecified atom stereocenters. The minimum atomic E-state index is -0.354. The Morgan fingerprint density at radius 2 is 2.20 bits per heavy atom. The largest absolute Gasteiger partial charge is 0.449 e. The van der Waals surface area contributed by atoms with Crippen molar-refractivity contribution >= 4 is 11.9 Å². The smallest absolute Gasteiger partial charge is 0.407 e. The number of hydrogen-bond acceptors (Lipinski definition) is 3. The van der Waals surface area contributed by atoms with E-state index in [4.69, 9.17) is 4.74 Å². The van der Waals surface area contributed by atoms with Gasteiger partial charge in [0, 0.05) is 18.4 Å². The van der Waals surface area contributed by atoms with E-state index in [1.54, 1.807) is 6.92 Å². The summed E-state index contributed by atoms with van der Waals surface area (Å²) in [4.78, 5) is 23.2. The molecule has 0 heterocycles. The van der Waals surface area contributed by atoms with E-state index in [1.165, 1.54) is 0 Å². The highest BCUT2D eigenvalue weighted by atomic mass is 16.5. The lowest BCUT2D eigenvalue weighted by Crippen LogP contribution is -2.37. The van der Waals surface area contributed by atoms with Crippen molar-refractivity contribution in [3.63, 3.8) is 0 Å². The van der Waals surface area contributed by atoms with Gasteiger partial charge in [0.1, 0.15) is 5.78 Å². The first-order valence-corrected chi connectivity index (χ1v) is 7.64. The molecule has 2 aliphatic rings. The van der Waals surface area contributed by atoms with Crippen LogP contribution in [0.2, 0.25) is 0 Å². The van der Waals surface area contributed by atoms with Crippen LogP contribution in [0.1, 0.15) is 46.0 Å². The van der Waals surface area contributed by atoms with Crippen molar-refractivity contribution in [2.24, 2.45) is 17.3 Å². The molecule has 4 nitrogen and oxygen atoms in total. The predicted molar refractivity (Wildman–Crippen MR) is 77.3 cm³/mol. The van der Waals surface area contributed by atoms with Crippen LogP contribution >= 0.6 is 0 Å². The number of carbonyl (C=O) groups is 2. The number of Topliss-reactive ketones (excluding diaryl/α,β-unsaturated/α-hetero) is 1. The van der Waals surface area contributed by atoms with Crippen molar-refractivity contribution in [2.75, 3.05) is 13.2 Å². The molecule has 0 spiro atoms. The van der Waals surface area contributed by atoms with Crippen molar-refractivity contribution in [2.45, 2.75) is 46.0 Å². The van der Waals surface area contributed by atoms with Crippen LogP contribution in [0.4, 0.5) is 4.79 Å². The summed E-state index contributed by atoms with van der Waals surface area (Å²) in [6, 6.07) is 0. The maximum absolute atomic E-state index is 11.7. The minimum Gasteiger partial charge on any atom is -0.449 e. The average Bonchev–Trinajstić information content (AvgIpc) is 2.97. The van der Waals surface area contributed by atoms with Gasteiger partial charge < -0.3 is 14.8 Å². The molecule has 0 saturated heterocycles. The number of unbranched alkanes of at least 4 members (excludes halogenated alkanes) is 1. The third kappa shape index (κ3) is 3.41. The third-order valence-electron chi connectivity index (χ3n) is 4.52. The monoisotopic (exact) mass is 279 g/mol. The summed E-state index contributed by atoms with van der Waals surface area (Å²) < 4.78 is 5.39. The summed E-state index contributed by atoms with van der Waals surface area (Å²) in [6.07, 6.45) is 8.68. The number of alkyl carbamates (subject to hydrolysis) is 1. The first-order chi connectivity index (χ1) is 9.55. The first kappa shape index (κ1) is 15.1. The standard InChI is InChI=1S/C16H25NO3/c1-3-4-7-17-15(19)20-11-16(9-12(2)18)10-13-5-6-14(16)8-13/h5-6,13-14H,3-4,7-11H2,1-2H3,(H,17,19). The van der Waals surface area contributed by atoms with Gasteiger partial charge in [0.15, 0.2) is 0 Å². The normalized spacial score (nSPS) is 30.5. The van der Waals surface area contributed by atoms with Gasteiger partial charge in [-0.05, 0) is 38.0 Å². The Morgan fingerprint density at radius 3 is 2.75 bits per heavy atom. The van der Waals surface area contributed by atoms with Crippen molar-refractivity contribution in [3.8, 4) is 0 Å². The van der Waals surface area contributed by atoms with Crippen LogP contribution in [0.25, 0.3) is 0 Å². The van der Waals surface area contributed by atoms with E-state index in [2.05, 4.69) is 24.4 Å². The van der Waals surface area contributed by atoms with Gasteiger partial charge in [0.05, 0.1) is 6.61 Å². The van der Waals surface area contributed by atoms with E-state index < -0.39 is 0 Å². The zero-order valence-electron chi connectivity index (χ0n) is 12.5. The fourth-order valence-corrected chi connectivity index (χ4v) is 3.60. The maximum Gasteiger partial charge on any atom is 0.407 e. The lowest BCUT2D eigenvalue weighted by molar-refractivity contribution is -0.120. The predicted octanol–water partition coefficient (Wildman–Crippen LogP) is 3.07. The number of ether oxygens (including phenoxy) is 1. The zero-order valence-corrected chi connectivity index (χ0v) is 12.5. The highest BCUT2D eigenvalue weighted by molar-refractivity contribution is 5.76. The van der Waals surface area contributed by atoms with Gasteiger partial charge in [0.2, 0.25) is 0 Å². The number of amides is 1. The van der Waals surface area contributed by atoms with Gasteiger partial charge in [-0.15, -0.1) is 0 Å². The molecule has 1 amide bonds. The molecule has 1 saturated carbocycles. The molecule has 2 aliphatic carbocycles. The number of allylic oxidation sites excluding steroid dienone is 2. The van der Waals surface area contributed by atoms with Gasteiger partial charge in [-0.3, -0.25) is 0 Å². The second kappa shape index (κ2) is 6.42. The molecule has 0 radical (unpaired) electrons. The Kier molecular flexibility index (Phi) is 4.84. The van der Waals surface area contributed by atoms with Crippen LogP contribution in [0.3, 0.4) is 0 Å². The van der Waals surface area contributed by atoms with Gasteiger partial charge in [0.25, 0.3) is 0 Å². The van der Waals surface area contributed by atoms with Crippen molar-refractivity contribution in [3.05, 3.63) is 12.2 Å². The Balaban J connectivity index is 1.88. The summed E-state index contributed by atoms with van der Waals surface area (Å²) in [7, 11) is 0. The van der Waals surface area contributed by atoms with Crippen LogP contribution in [0.5, 0.6) is 0 Å². The first-order valence-electron chi connectivity index (χ1n) is 7.64. The van der Waals surface area contributed by atoms with Crippen LogP contribution in [0, 0.1) is 17.3 Å². The number of rotatable bonds is 7. The summed E-state index contributed by atoms with van der Waals surface area (Å²) in [6.45, 7) is 4.71. The summed E-state index contributed by atoms with van der Waals surface area (Å²) in [5.41, 5.74) is -0.159. The number of fused-ring (bicyclic) bond motifs is 2. The van der Waals surface area contributed by atoms with Gasteiger partial charge in [-0.25, -0.2) is 4.79 Å². The highest BCUT2D eigenvalue weighted by Gasteiger charge is 2.49. The van der Waals surface area contributed by atoms with E-state index in [1.807, 2.05) is 0 Å². The highest BCUT2D eigenvalue weighted by Crippen LogP contribution is 2.54. The number of nitrogens with one attached hydrogen (secondary N) is 1. The summed E-state index contributed by atoms with van der Waals surface area (Å²) >= 11 is 0. The van der Waals surface area contributed by atoms with Gasteiger partial charge in [-0.1, -0.05) is 25.5 Å². The third-order valence-corrected chi connectivity index (χ3v) is 4.52. The molecule has 3 atom stereocenters. The second-order valence-electron chi connectivity index (χ2n) is 6.29. The Labute approximate surface area is 120 Å². The van der Waals surface area contributed by atoms with Crippen LogP contribution < -0.4 is 5.32 Å². The van der Waals surface area contributed by atoms with E-state index in [0.29, 0.717) is 31.4 Å². The maximum atomic E-state index is 11.7. The molecule has 0 aromatic rings. The van der Waals surface area contributed by atoms with Crippen LogP contribution in [0.15, 0.2) is 12.2 Å². The molecule has 1 N–H and O–H groups in total. The van der Waals surface area contributed by atoms with Gasteiger partial charge >= 0.3 is 6.09 Å².